The molecular formula is C22H26NO5+. The van der Waals surface area contributed by atoms with Gasteiger partial charge >= 0.3 is 0 Å². The van der Waals surface area contributed by atoms with Gasteiger partial charge in [0.15, 0.2) is 23.0 Å². The number of aliphatic hydroxyl groups is 1. The number of methoxy groups -OCH3 is 2. The van der Waals surface area contributed by atoms with E-state index in [1.54, 1.807) is 14.2 Å². The second-order valence-electron chi connectivity index (χ2n) is 8.21. The molecule has 0 radical (unpaired) electrons. The number of rotatable bonds is 2. The highest BCUT2D eigenvalue weighted by Crippen LogP contribution is 2.56. The average molecular weight is 384 g/mol. The van der Waals surface area contributed by atoms with Gasteiger partial charge in [-0.1, -0.05) is 6.07 Å². The Morgan fingerprint density at radius 1 is 1.14 bits per heavy atom. The Hall–Kier alpha value is -2.44. The lowest BCUT2D eigenvalue weighted by Crippen LogP contribution is -2.66. The number of hydrogen-bond donors (Lipinski definition) is 1. The molecular weight excluding hydrogens is 358 g/mol. The molecule has 5 rings (SSSR count). The Labute approximate surface area is 164 Å². The third kappa shape index (κ3) is 2.05. The van der Waals surface area contributed by atoms with Crippen LogP contribution in [-0.2, 0) is 18.7 Å². The summed E-state index contributed by atoms with van der Waals surface area (Å²) in [4.78, 5) is 0. The minimum absolute atomic E-state index is 0.125. The monoisotopic (exact) mass is 384 g/mol. The van der Waals surface area contributed by atoms with Gasteiger partial charge in [0, 0.05) is 12.0 Å². The molecule has 0 saturated carbocycles. The fourth-order valence-corrected chi connectivity index (χ4v) is 5.40. The summed E-state index contributed by atoms with van der Waals surface area (Å²) < 4.78 is 22.9. The molecule has 0 aromatic heterocycles. The lowest BCUT2D eigenvalue weighted by atomic mass is 9.72. The van der Waals surface area contributed by atoms with E-state index in [9.17, 15) is 5.11 Å². The van der Waals surface area contributed by atoms with E-state index in [0.29, 0.717) is 16.8 Å². The Morgan fingerprint density at radius 3 is 2.61 bits per heavy atom. The molecule has 28 heavy (non-hydrogen) atoms. The van der Waals surface area contributed by atoms with Crippen molar-refractivity contribution in [2.45, 2.75) is 31.5 Å². The molecule has 3 aliphatic rings. The van der Waals surface area contributed by atoms with E-state index in [4.69, 9.17) is 18.9 Å². The molecule has 2 aromatic carbocycles. The normalized spacial score (nSPS) is 29.5. The molecule has 3 heterocycles. The molecule has 0 bridgehead atoms. The smallest absolute Gasteiger partial charge is 0.234 e. The predicted molar refractivity (Wildman–Crippen MR) is 103 cm³/mol. The summed E-state index contributed by atoms with van der Waals surface area (Å²) in [7, 11) is 5.46. The summed E-state index contributed by atoms with van der Waals surface area (Å²) in [5, 5.41) is 12.2. The standard InChI is InChI=1S/C22H26NO5/c1-13-15-5-6-18(25-3)21(26-4)16(15)11-23(2)8-7-14-9-19-20(28-12-27-19)10-17(14)22(13,23)24/h5-6,9-10,13,24H,7-8,11-12H2,1-4H3/q+1/t13-,22-,23+/m1/s1. The van der Waals surface area contributed by atoms with Crippen molar-refractivity contribution in [2.75, 3.05) is 34.6 Å². The number of ether oxygens (including phenoxy) is 4. The van der Waals surface area contributed by atoms with E-state index in [-0.39, 0.29) is 12.7 Å². The Balaban J connectivity index is 1.73. The largest absolute Gasteiger partial charge is 0.493 e. The van der Waals surface area contributed by atoms with Gasteiger partial charge in [0.1, 0.15) is 6.54 Å². The van der Waals surface area contributed by atoms with Gasteiger partial charge in [0.2, 0.25) is 12.5 Å². The van der Waals surface area contributed by atoms with Gasteiger partial charge in [-0.25, -0.2) is 0 Å². The van der Waals surface area contributed by atoms with Crippen molar-refractivity contribution < 1.29 is 28.5 Å². The summed E-state index contributed by atoms with van der Waals surface area (Å²) in [5.41, 5.74) is 3.24. The van der Waals surface area contributed by atoms with Crippen LogP contribution in [0.4, 0.5) is 0 Å². The van der Waals surface area contributed by atoms with Crippen molar-refractivity contribution in [3.05, 3.63) is 46.5 Å². The number of nitrogens with zero attached hydrogens (tertiary/aromatic N) is 1. The number of fused-ring (bicyclic) bond motifs is 5. The van der Waals surface area contributed by atoms with Crippen molar-refractivity contribution in [3.8, 4) is 23.0 Å². The zero-order chi connectivity index (χ0) is 19.7. The van der Waals surface area contributed by atoms with Crippen LogP contribution in [0.3, 0.4) is 0 Å². The quantitative estimate of drug-likeness (QED) is 0.807. The summed E-state index contributed by atoms with van der Waals surface area (Å²) in [6.07, 6.45) is 0.874. The fraction of sp³-hybridized carbons (Fsp3) is 0.455. The van der Waals surface area contributed by atoms with E-state index in [2.05, 4.69) is 20.0 Å². The van der Waals surface area contributed by atoms with Crippen molar-refractivity contribution in [1.82, 2.24) is 0 Å². The molecule has 148 valence electrons. The maximum Gasteiger partial charge on any atom is 0.234 e. The van der Waals surface area contributed by atoms with Gasteiger partial charge in [0.25, 0.3) is 0 Å². The number of likely N-dealkylation sites (N-methyl/N-ethyl adjacent to an activating group) is 1. The molecule has 0 unspecified atom stereocenters. The second-order valence-corrected chi connectivity index (χ2v) is 8.21. The van der Waals surface area contributed by atoms with Crippen LogP contribution in [-0.4, -0.2) is 44.2 Å². The maximum absolute atomic E-state index is 12.2. The minimum Gasteiger partial charge on any atom is -0.493 e. The zero-order valence-electron chi connectivity index (χ0n) is 16.7. The van der Waals surface area contributed by atoms with Gasteiger partial charge in [-0.05, 0) is 36.2 Å². The van der Waals surface area contributed by atoms with Gasteiger partial charge in [-0.2, -0.15) is 0 Å². The zero-order valence-corrected chi connectivity index (χ0v) is 16.7. The van der Waals surface area contributed by atoms with Gasteiger partial charge in [-0.15, -0.1) is 0 Å². The molecule has 1 N–H and O–H groups in total. The van der Waals surface area contributed by atoms with Crippen LogP contribution in [0.25, 0.3) is 0 Å². The molecule has 0 spiro atoms. The molecule has 3 aliphatic heterocycles. The first kappa shape index (κ1) is 17.6. The fourth-order valence-electron chi connectivity index (χ4n) is 5.40. The van der Waals surface area contributed by atoms with Crippen LogP contribution < -0.4 is 18.9 Å². The number of benzene rings is 2. The Morgan fingerprint density at radius 2 is 1.89 bits per heavy atom. The van der Waals surface area contributed by atoms with E-state index >= 15 is 0 Å². The van der Waals surface area contributed by atoms with Crippen LogP contribution in [0.2, 0.25) is 0 Å². The average Bonchev–Trinajstić information content (AvgIpc) is 3.15. The molecule has 2 aromatic rings. The second kappa shape index (κ2) is 5.78. The van der Waals surface area contributed by atoms with Crippen LogP contribution >= 0.6 is 0 Å². The topological polar surface area (TPSA) is 57.2 Å². The number of hydrogen-bond acceptors (Lipinski definition) is 5. The molecule has 0 amide bonds. The summed E-state index contributed by atoms with van der Waals surface area (Å²) >= 11 is 0. The Kier molecular flexibility index (Phi) is 3.64. The van der Waals surface area contributed by atoms with E-state index < -0.39 is 5.72 Å². The first-order valence-corrected chi connectivity index (χ1v) is 9.66. The molecule has 0 aliphatic carbocycles. The Bertz CT molecular complexity index is 974. The highest BCUT2D eigenvalue weighted by molar-refractivity contribution is 5.56. The molecule has 6 nitrogen and oxygen atoms in total. The molecule has 0 fully saturated rings. The highest BCUT2D eigenvalue weighted by atomic mass is 16.7. The SMILES string of the molecule is COc1ccc2c(c1OC)C[N@+]1(C)CCc3cc4c(cc3[C@]1(O)[C@@H]2C)OCO4. The van der Waals surface area contributed by atoms with Crippen molar-refractivity contribution >= 4 is 0 Å². The van der Waals surface area contributed by atoms with Crippen LogP contribution in [0.5, 0.6) is 23.0 Å². The van der Waals surface area contributed by atoms with Crippen molar-refractivity contribution in [1.29, 1.82) is 0 Å². The molecule has 6 heteroatoms. The minimum atomic E-state index is -1.05. The van der Waals surface area contributed by atoms with E-state index in [1.165, 1.54) is 0 Å². The van der Waals surface area contributed by atoms with Crippen molar-refractivity contribution in [3.63, 3.8) is 0 Å². The van der Waals surface area contributed by atoms with Gasteiger partial charge < -0.3 is 24.1 Å². The third-order valence-corrected chi connectivity index (χ3v) is 6.95. The van der Waals surface area contributed by atoms with Crippen LogP contribution in [0.1, 0.15) is 35.1 Å². The van der Waals surface area contributed by atoms with Crippen molar-refractivity contribution in [2.24, 2.45) is 0 Å². The summed E-state index contributed by atoms with van der Waals surface area (Å²) in [6.45, 7) is 3.83. The number of quaternary nitrogens is 1. The van der Waals surface area contributed by atoms with Crippen LogP contribution in [0.15, 0.2) is 24.3 Å². The van der Waals surface area contributed by atoms with E-state index in [0.717, 1.165) is 52.5 Å². The third-order valence-electron chi connectivity index (χ3n) is 6.95. The lowest BCUT2D eigenvalue weighted by Gasteiger charge is -2.56. The first-order valence-electron chi connectivity index (χ1n) is 9.66. The maximum atomic E-state index is 12.2. The highest BCUT2D eigenvalue weighted by Gasteiger charge is 2.60. The summed E-state index contributed by atoms with van der Waals surface area (Å²) in [6, 6.07) is 8.01. The van der Waals surface area contributed by atoms with Crippen LogP contribution in [0, 0.1) is 0 Å². The summed E-state index contributed by atoms with van der Waals surface area (Å²) in [5.74, 6) is 2.86. The first-order chi connectivity index (χ1) is 13.4. The van der Waals surface area contributed by atoms with E-state index in [1.807, 2.05) is 18.2 Å². The molecule has 3 atom stereocenters. The van der Waals surface area contributed by atoms with Gasteiger partial charge in [0.05, 0.1) is 39.3 Å². The van der Waals surface area contributed by atoms with Gasteiger partial charge in [-0.3, -0.25) is 4.48 Å². The lowest BCUT2D eigenvalue weighted by molar-refractivity contribution is -1.01. The molecule has 0 saturated heterocycles. The predicted octanol–water partition coefficient (Wildman–Crippen LogP) is 2.90.